The lowest BCUT2D eigenvalue weighted by Gasteiger charge is -2.29. The van der Waals surface area contributed by atoms with Gasteiger partial charge >= 0.3 is 5.97 Å². The van der Waals surface area contributed by atoms with Gasteiger partial charge in [-0.15, -0.1) is 0 Å². The molecule has 5 aromatic carbocycles. The van der Waals surface area contributed by atoms with E-state index in [0.29, 0.717) is 18.7 Å². The highest BCUT2D eigenvalue weighted by Crippen LogP contribution is 2.33. The molecule has 0 spiro atoms. The fourth-order valence-corrected chi connectivity index (χ4v) is 7.79. The van der Waals surface area contributed by atoms with E-state index in [1.54, 1.807) is 22.9 Å². The molecule has 1 heterocycles. The number of carboxylic acid groups (broad SMARTS) is 1. The van der Waals surface area contributed by atoms with Gasteiger partial charge in [0.15, 0.2) is 0 Å². The van der Waals surface area contributed by atoms with Crippen molar-refractivity contribution in [2.24, 2.45) is 5.73 Å². The highest BCUT2D eigenvalue weighted by atomic mass is 16.4. The lowest BCUT2D eigenvalue weighted by atomic mass is 9.88. The SMILES string of the molecule is C=Cc1ccccc1N1Cc2ccccc2N(C)C(CC(=O)O)C1=O.NCc1ccc(C(=O)Nc2cccc3c2=CCc2c4c(ccc2=3)=CCCC4)cc1. The van der Waals surface area contributed by atoms with Crippen LogP contribution in [0.3, 0.4) is 0 Å². The van der Waals surface area contributed by atoms with Crippen LogP contribution >= 0.6 is 0 Å². The van der Waals surface area contributed by atoms with Crippen LogP contribution in [0.15, 0.2) is 110 Å². The Kier molecular flexibility index (Phi) is 10.6. The zero-order chi connectivity index (χ0) is 37.8. The number of nitrogens with zero attached hydrogens (tertiary/aromatic N) is 2. The third kappa shape index (κ3) is 7.21. The molecule has 1 aliphatic heterocycles. The Morgan fingerprint density at radius 1 is 0.889 bits per heavy atom. The van der Waals surface area contributed by atoms with E-state index in [4.69, 9.17) is 5.73 Å². The number of rotatable bonds is 7. The van der Waals surface area contributed by atoms with Crippen molar-refractivity contribution in [2.45, 2.75) is 51.2 Å². The molecular weight excluding hydrogens is 673 g/mol. The van der Waals surface area contributed by atoms with Gasteiger partial charge in [-0.3, -0.25) is 14.4 Å². The second kappa shape index (κ2) is 15.8. The summed E-state index contributed by atoms with van der Waals surface area (Å²) in [7, 11) is 1.77. The van der Waals surface area contributed by atoms with E-state index in [1.807, 2.05) is 84.9 Å². The van der Waals surface area contributed by atoms with Crippen molar-refractivity contribution in [3.05, 3.63) is 164 Å². The topological polar surface area (TPSA) is 116 Å². The summed E-state index contributed by atoms with van der Waals surface area (Å²) in [6.07, 6.45) is 10.6. The van der Waals surface area contributed by atoms with Crippen LogP contribution < -0.4 is 31.3 Å². The highest BCUT2D eigenvalue weighted by molar-refractivity contribution is 6.04. The lowest BCUT2D eigenvalue weighted by molar-refractivity contribution is -0.139. The molecule has 4 N–H and O–H groups in total. The van der Waals surface area contributed by atoms with Gasteiger partial charge < -0.3 is 26.0 Å². The second-order valence-electron chi connectivity index (χ2n) is 13.8. The fraction of sp³-hybridized carbons (Fsp3) is 0.196. The van der Waals surface area contributed by atoms with Gasteiger partial charge in [0.2, 0.25) is 0 Å². The summed E-state index contributed by atoms with van der Waals surface area (Å²) in [4.78, 5) is 40.8. The maximum absolute atomic E-state index is 13.2. The van der Waals surface area contributed by atoms with Gasteiger partial charge in [0.25, 0.3) is 11.8 Å². The van der Waals surface area contributed by atoms with Crippen molar-refractivity contribution >= 4 is 53.1 Å². The van der Waals surface area contributed by atoms with Crippen LogP contribution in [-0.4, -0.2) is 36.0 Å². The van der Waals surface area contributed by atoms with Crippen LogP contribution in [0.25, 0.3) is 18.2 Å². The van der Waals surface area contributed by atoms with E-state index in [9.17, 15) is 19.5 Å². The maximum atomic E-state index is 13.2. The normalized spacial score (nSPS) is 15.4. The van der Waals surface area contributed by atoms with Crippen LogP contribution in [-0.2, 0) is 35.5 Å². The second-order valence-corrected chi connectivity index (χ2v) is 13.8. The van der Waals surface area contributed by atoms with Crippen LogP contribution in [0.5, 0.6) is 0 Å². The molecule has 0 aromatic heterocycles. The van der Waals surface area contributed by atoms with Crippen LogP contribution in [0.2, 0.25) is 0 Å². The standard InChI is InChI=1S/C26H24N2O.C20H20N2O3/c27-16-17-8-10-19(11-9-17)26(29)28-25-7-3-6-21-23-13-12-18-4-1-2-5-20(18)22(23)14-15-24(21)25;1-3-14-8-4-7-11-17(14)22-13-15-9-5-6-10-16(15)21(2)18(20(22)25)12-19(23)24/h3-4,6-13,15H,1-2,5,14,16,27H2,(H,28,29);3-11,18H,1,12-13H2,2H3,(H,23,24). The number of amides is 2. The van der Waals surface area contributed by atoms with E-state index < -0.39 is 12.0 Å². The Labute approximate surface area is 314 Å². The summed E-state index contributed by atoms with van der Waals surface area (Å²) < 4.78 is 0. The molecule has 8 nitrogen and oxygen atoms in total. The fourth-order valence-electron chi connectivity index (χ4n) is 7.79. The highest BCUT2D eigenvalue weighted by Gasteiger charge is 2.35. The van der Waals surface area contributed by atoms with Crippen molar-refractivity contribution in [2.75, 3.05) is 22.2 Å². The first-order chi connectivity index (χ1) is 26.3. The van der Waals surface area contributed by atoms with Gasteiger partial charge in [-0.25, -0.2) is 0 Å². The van der Waals surface area contributed by atoms with Gasteiger partial charge in [-0.2, -0.15) is 0 Å². The van der Waals surface area contributed by atoms with Crippen LogP contribution in [0.4, 0.5) is 17.1 Å². The number of carbonyl (C=O) groups is 3. The van der Waals surface area contributed by atoms with E-state index >= 15 is 0 Å². The van der Waals surface area contributed by atoms with Gasteiger partial charge in [0, 0.05) is 35.7 Å². The Balaban J connectivity index is 0.000000169. The smallest absolute Gasteiger partial charge is 0.305 e. The number of aliphatic carboxylic acids is 1. The molecule has 2 amide bonds. The lowest BCUT2D eigenvalue weighted by Crippen LogP contribution is -2.46. The number of hydrogen-bond acceptors (Lipinski definition) is 5. The Hall–Kier alpha value is -6.25. The Bertz CT molecular complexity index is 2490. The maximum Gasteiger partial charge on any atom is 0.305 e. The quantitative estimate of drug-likeness (QED) is 0.182. The number of likely N-dealkylation sites (N-methyl/N-ethyl adjacent to an activating group) is 1. The van der Waals surface area contributed by atoms with Gasteiger partial charge in [0.1, 0.15) is 6.04 Å². The number of hydrogen-bond donors (Lipinski definition) is 3. The molecule has 1 atom stereocenters. The number of benzene rings is 5. The van der Waals surface area contributed by atoms with Gasteiger partial charge in [-0.1, -0.05) is 97.6 Å². The van der Waals surface area contributed by atoms with E-state index in [0.717, 1.165) is 51.8 Å². The third-order valence-corrected chi connectivity index (χ3v) is 10.6. The van der Waals surface area contributed by atoms with Crippen molar-refractivity contribution in [3.8, 4) is 0 Å². The largest absolute Gasteiger partial charge is 0.481 e. The predicted molar refractivity (Wildman–Crippen MR) is 216 cm³/mol. The molecule has 0 saturated heterocycles. The number of para-hydroxylation sites is 2. The number of carboxylic acids is 1. The average molecular weight is 717 g/mol. The van der Waals surface area contributed by atoms with Crippen molar-refractivity contribution < 1.29 is 19.5 Å². The zero-order valence-electron chi connectivity index (χ0n) is 30.4. The summed E-state index contributed by atoms with van der Waals surface area (Å²) in [5, 5.41) is 17.4. The summed E-state index contributed by atoms with van der Waals surface area (Å²) in [6, 6.07) is 32.6. The van der Waals surface area contributed by atoms with Gasteiger partial charge in [0.05, 0.1) is 18.7 Å². The third-order valence-electron chi connectivity index (χ3n) is 10.6. The molecule has 54 heavy (non-hydrogen) atoms. The summed E-state index contributed by atoms with van der Waals surface area (Å²) in [6.45, 7) is 4.68. The molecule has 2 aliphatic carbocycles. The molecule has 272 valence electrons. The van der Waals surface area contributed by atoms with E-state index in [1.165, 1.54) is 39.6 Å². The Morgan fingerprint density at radius 2 is 1.65 bits per heavy atom. The molecule has 3 aliphatic rings. The minimum absolute atomic E-state index is 0.0961. The molecule has 8 rings (SSSR count). The number of nitrogens with one attached hydrogen (secondary N) is 1. The first-order valence-electron chi connectivity index (χ1n) is 18.4. The van der Waals surface area contributed by atoms with Crippen molar-refractivity contribution in [1.29, 1.82) is 0 Å². The summed E-state index contributed by atoms with van der Waals surface area (Å²) in [5.74, 6) is -1.32. The van der Waals surface area contributed by atoms with Crippen LogP contribution in [0.1, 0.15) is 57.4 Å². The van der Waals surface area contributed by atoms with Gasteiger partial charge in [-0.05, 0) is 99.5 Å². The summed E-state index contributed by atoms with van der Waals surface area (Å²) >= 11 is 0. The molecule has 0 fully saturated rings. The van der Waals surface area contributed by atoms with Crippen molar-refractivity contribution in [1.82, 2.24) is 0 Å². The molecule has 0 radical (unpaired) electrons. The summed E-state index contributed by atoms with van der Waals surface area (Å²) in [5.41, 5.74) is 14.6. The van der Waals surface area contributed by atoms with Crippen molar-refractivity contribution in [3.63, 3.8) is 0 Å². The Morgan fingerprint density at radius 3 is 2.41 bits per heavy atom. The number of nitrogens with two attached hydrogens (primary N) is 1. The number of fused-ring (bicyclic) bond motifs is 5. The monoisotopic (exact) mass is 716 g/mol. The molecule has 5 aromatic rings. The minimum Gasteiger partial charge on any atom is -0.481 e. The van der Waals surface area contributed by atoms with Crippen LogP contribution in [0, 0.1) is 10.4 Å². The molecular formula is C46H44N4O4. The number of carbonyl (C=O) groups excluding carboxylic acids is 2. The minimum atomic E-state index is -0.999. The number of anilines is 3. The van der Waals surface area contributed by atoms with E-state index in [2.05, 4.69) is 42.2 Å². The first-order valence-corrected chi connectivity index (χ1v) is 18.4. The predicted octanol–water partition coefficient (Wildman–Crippen LogP) is 6.29. The average Bonchev–Trinajstić information content (AvgIpc) is 3.31. The molecule has 1 unspecified atom stereocenters. The first kappa shape index (κ1) is 36.1. The zero-order valence-corrected chi connectivity index (χ0v) is 30.4. The van der Waals surface area contributed by atoms with E-state index in [-0.39, 0.29) is 18.2 Å². The molecule has 0 bridgehead atoms. The molecule has 0 saturated carbocycles. The molecule has 8 heteroatoms.